The van der Waals surface area contributed by atoms with Gasteiger partial charge in [0.1, 0.15) is 54.9 Å². The molecule has 8 rings (SSSR count). The highest BCUT2D eigenvalue weighted by Crippen LogP contribution is 2.71. The molecule has 15 heteroatoms. The summed E-state index contributed by atoms with van der Waals surface area (Å²) in [5.74, 6) is 0.156. The first-order valence-electron chi connectivity index (χ1n) is 20.5. The summed E-state index contributed by atoms with van der Waals surface area (Å²) in [4.78, 5) is 0. The van der Waals surface area contributed by atoms with Crippen molar-refractivity contribution in [1.29, 1.82) is 0 Å². The summed E-state index contributed by atoms with van der Waals surface area (Å²) in [5, 5.41) is 94.9. The van der Waals surface area contributed by atoms with Gasteiger partial charge in [0.25, 0.3) is 0 Å². The molecule has 4 aliphatic heterocycles. The van der Waals surface area contributed by atoms with Crippen molar-refractivity contribution >= 4 is 0 Å². The van der Waals surface area contributed by atoms with Crippen molar-refractivity contribution in [3.05, 3.63) is 0 Å². The van der Waals surface area contributed by atoms with Crippen LogP contribution in [0.15, 0.2) is 0 Å². The van der Waals surface area contributed by atoms with Crippen molar-refractivity contribution in [3.63, 3.8) is 0 Å². The number of hydrogen-bond acceptors (Lipinski definition) is 15. The number of ether oxygens (including phenoxy) is 6. The zero-order valence-electron chi connectivity index (χ0n) is 31.9. The molecule has 24 atom stereocenters. The van der Waals surface area contributed by atoms with E-state index in [-0.39, 0.29) is 52.4 Å². The van der Waals surface area contributed by atoms with Crippen molar-refractivity contribution in [2.45, 2.75) is 171 Å². The van der Waals surface area contributed by atoms with Gasteiger partial charge in [-0.25, -0.2) is 0 Å². The van der Waals surface area contributed by atoms with Gasteiger partial charge in [-0.1, -0.05) is 27.7 Å². The maximum Gasteiger partial charge on any atom is 0.197 e. The van der Waals surface area contributed by atoms with E-state index < -0.39 is 98.7 Å². The smallest absolute Gasteiger partial charge is 0.197 e. The molecule has 0 bridgehead atoms. The van der Waals surface area contributed by atoms with Crippen molar-refractivity contribution < 1.29 is 74.4 Å². The van der Waals surface area contributed by atoms with E-state index in [1.54, 1.807) is 0 Å². The molecule has 0 unspecified atom stereocenters. The molecule has 8 aliphatic rings. The Morgan fingerprint density at radius 2 is 1.26 bits per heavy atom. The molecular weight excluding hydrogens is 708 g/mol. The summed E-state index contributed by atoms with van der Waals surface area (Å²) in [6.07, 6.45) is -9.78. The first kappa shape index (κ1) is 40.2. The van der Waals surface area contributed by atoms with Crippen molar-refractivity contribution in [3.8, 4) is 0 Å². The summed E-state index contributed by atoms with van der Waals surface area (Å²) in [6, 6.07) is 0. The molecule has 0 amide bonds. The summed E-state index contributed by atoms with van der Waals surface area (Å²) >= 11 is 0. The second kappa shape index (κ2) is 14.6. The van der Waals surface area contributed by atoms with Gasteiger partial charge in [0.15, 0.2) is 18.4 Å². The van der Waals surface area contributed by atoms with Crippen LogP contribution >= 0.6 is 0 Å². The zero-order chi connectivity index (χ0) is 38.6. The lowest BCUT2D eigenvalue weighted by molar-refractivity contribution is -0.335. The molecule has 0 aromatic heterocycles. The first-order chi connectivity index (χ1) is 25.6. The van der Waals surface area contributed by atoms with Gasteiger partial charge in [0.2, 0.25) is 0 Å². The van der Waals surface area contributed by atoms with Crippen LogP contribution in [0.1, 0.15) is 79.1 Å². The van der Waals surface area contributed by atoms with Gasteiger partial charge in [-0.05, 0) is 97.7 Å². The Hall–Kier alpha value is -0.600. The SMILES string of the molecule is C[C@@H]1CO[C@]2(O[C@H]3C[C@@H]4[C@@H]5C[C@H](O[C@H]6O[C@@H](CO)[C@H](O)[C@@H](O)[C@@H]6O)[C@H]6C[C@@H](O[C@H]7O[C@@H](CO)[C@H](O)[C@@H](O)[C@@H]7O)CC[C@]6(C)[C@H]5CC[C@@]4(C)[C@H]3[C@@H]2C)[C@@H](O)C1. The van der Waals surface area contributed by atoms with E-state index in [1.165, 1.54) is 0 Å². The van der Waals surface area contributed by atoms with Gasteiger partial charge in [-0.3, -0.25) is 0 Å². The van der Waals surface area contributed by atoms with E-state index in [2.05, 4.69) is 27.7 Å². The molecule has 0 aromatic rings. The maximum atomic E-state index is 11.3. The summed E-state index contributed by atoms with van der Waals surface area (Å²) in [6.45, 7) is 8.39. The molecule has 15 nitrogen and oxygen atoms in total. The third-order valence-electron chi connectivity index (χ3n) is 16.2. The molecule has 4 saturated carbocycles. The fraction of sp³-hybridized carbons (Fsp3) is 1.00. The Labute approximate surface area is 316 Å². The van der Waals surface area contributed by atoms with E-state index in [9.17, 15) is 46.0 Å². The maximum absolute atomic E-state index is 11.3. The van der Waals surface area contributed by atoms with E-state index in [0.717, 1.165) is 25.7 Å². The monoisotopic (exact) mass is 772 g/mol. The first-order valence-corrected chi connectivity index (χ1v) is 20.5. The predicted molar refractivity (Wildman–Crippen MR) is 186 cm³/mol. The van der Waals surface area contributed by atoms with Gasteiger partial charge in [0.05, 0.1) is 38.1 Å². The van der Waals surface area contributed by atoms with Crippen LogP contribution in [0.3, 0.4) is 0 Å². The van der Waals surface area contributed by atoms with Crippen LogP contribution in [0, 0.1) is 52.3 Å². The highest BCUT2D eigenvalue weighted by Gasteiger charge is 2.71. The second-order valence-corrected chi connectivity index (χ2v) is 19.0. The van der Waals surface area contributed by atoms with Crippen molar-refractivity contribution in [1.82, 2.24) is 0 Å². The van der Waals surface area contributed by atoms with E-state index in [0.29, 0.717) is 38.2 Å². The number of fused-ring (bicyclic) bond motifs is 7. The average Bonchev–Trinajstić information content (AvgIpc) is 3.60. The highest BCUT2D eigenvalue weighted by atomic mass is 16.7. The van der Waals surface area contributed by atoms with Gasteiger partial charge in [0, 0.05) is 5.92 Å². The molecule has 8 fully saturated rings. The molecular formula is C39H64O15. The summed E-state index contributed by atoms with van der Waals surface area (Å²) < 4.78 is 37.9. The highest BCUT2D eigenvalue weighted by molar-refractivity contribution is 5.17. The third kappa shape index (κ3) is 6.09. The quantitative estimate of drug-likeness (QED) is 0.153. The molecule has 9 N–H and O–H groups in total. The lowest BCUT2D eigenvalue weighted by atomic mass is 9.43. The predicted octanol–water partition coefficient (Wildman–Crippen LogP) is -0.616. The Morgan fingerprint density at radius 1 is 0.648 bits per heavy atom. The van der Waals surface area contributed by atoms with Crippen LogP contribution in [0.5, 0.6) is 0 Å². The number of rotatable bonds is 6. The largest absolute Gasteiger partial charge is 0.394 e. The lowest BCUT2D eigenvalue weighted by Gasteiger charge is -2.63. The fourth-order valence-corrected chi connectivity index (χ4v) is 13.4. The summed E-state index contributed by atoms with van der Waals surface area (Å²) in [5.41, 5.74) is -0.330. The van der Waals surface area contributed by atoms with Crippen molar-refractivity contribution in [2.24, 2.45) is 52.3 Å². The topological polar surface area (TPSA) is 237 Å². The molecule has 4 saturated heterocycles. The number of aliphatic hydroxyl groups is 9. The fourth-order valence-electron chi connectivity index (χ4n) is 13.4. The van der Waals surface area contributed by atoms with E-state index >= 15 is 0 Å². The minimum absolute atomic E-state index is 0.000329. The van der Waals surface area contributed by atoms with Crippen LogP contribution in [-0.4, -0.2) is 157 Å². The molecule has 4 heterocycles. The van der Waals surface area contributed by atoms with Gasteiger partial charge < -0.3 is 74.4 Å². The Bertz CT molecular complexity index is 1340. The van der Waals surface area contributed by atoms with Crippen LogP contribution in [0.4, 0.5) is 0 Å². The third-order valence-corrected chi connectivity index (χ3v) is 16.2. The van der Waals surface area contributed by atoms with Gasteiger partial charge in [-0.2, -0.15) is 0 Å². The molecule has 4 aliphatic carbocycles. The lowest BCUT2D eigenvalue weighted by Crippen LogP contribution is -2.63. The molecule has 310 valence electrons. The number of aliphatic hydroxyl groups excluding tert-OH is 9. The van der Waals surface area contributed by atoms with Crippen LogP contribution in [-0.2, 0) is 28.4 Å². The normalized spacial score (nSPS) is 60.1. The second-order valence-electron chi connectivity index (χ2n) is 19.0. The minimum Gasteiger partial charge on any atom is -0.394 e. The Kier molecular flexibility index (Phi) is 10.9. The van der Waals surface area contributed by atoms with E-state index in [4.69, 9.17) is 28.4 Å². The Balaban J connectivity index is 1.07. The van der Waals surface area contributed by atoms with Crippen LogP contribution in [0.25, 0.3) is 0 Å². The molecule has 0 radical (unpaired) electrons. The van der Waals surface area contributed by atoms with Crippen molar-refractivity contribution in [2.75, 3.05) is 19.8 Å². The van der Waals surface area contributed by atoms with Crippen LogP contribution < -0.4 is 0 Å². The average molecular weight is 773 g/mol. The van der Waals surface area contributed by atoms with Gasteiger partial charge >= 0.3 is 0 Å². The summed E-state index contributed by atoms with van der Waals surface area (Å²) in [7, 11) is 0. The standard InChI is InChI=1S/C39H64O15/c1-16-9-27(42)39(49-15-16)17(2)28-24(54-39)12-21-19-11-23(51-36-34(48)32(46)30(44)26(14-41)53-36)22-10-18(5-7-37(22,3)20(19)6-8-38(21,28)4)50-35-33(47)31(45)29(43)25(13-40)52-35/h16-36,40-48H,5-15H2,1-4H3/t16-,17-,18-,19+,20-,21+,22+,23-,24-,25-,26-,27-,28-,29-,30-,31+,32+,33-,34-,35-,36-,37+,38+,39+/m0/s1. The zero-order valence-corrected chi connectivity index (χ0v) is 31.9. The molecule has 54 heavy (non-hydrogen) atoms. The molecule has 1 spiro atoms. The van der Waals surface area contributed by atoms with Gasteiger partial charge in [-0.15, -0.1) is 0 Å². The minimum atomic E-state index is -1.59. The van der Waals surface area contributed by atoms with Crippen LogP contribution in [0.2, 0.25) is 0 Å². The Morgan fingerprint density at radius 3 is 1.87 bits per heavy atom. The number of hydrogen-bond donors (Lipinski definition) is 9. The van der Waals surface area contributed by atoms with E-state index in [1.807, 2.05) is 0 Å². The molecule has 0 aromatic carbocycles.